The molecule has 4 rings (SSSR count). The van der Waals surface area contributed by atoms with E-state index < -0.39 is 0 Å². The van der Waals surface area contributed by atoms with Gasteiger partial charge in [-0.3, -0.25) is 4.79 Å². The van der Waals surface area contributed by atoms with E-state index in [1.807, 2.05) is 31.2 Å². The molecule has 200 valence electrons. The van der Waals surface area contributed by atoms with Crippen LogP contribution in [0, 0.1) is 17.1 Å². The second-order valence-electron chi connectivity index (χ2n) is 9.10. The topological polar surface area (TPSA) is 65.8 Å². The second kappa shape index (κ2) is 13.3. The lowest BCUT2D eigenvalue weighted by atomic mass is 10.0. The summed E-state index contributed by atoms with van der Waals surface area (Å²) in [6.45, 7) is 8.56. The molecule has 1 saturated heterocycles. The highest BCUT2D eigenvalue weighted by atomic mass is 19.1. The Balaban J connectivity index is 1.55. The third kappa shape index (κ3) is 6.85. The Labute approximate surface area is 229 Å². The van der Waals surface area contributed by atoms with Crippen molar-refractivity contribution in [1.29, 1.82) is 5.26 Å². The number of anilines is 1. The molecule has 1 aliphatic heterocycles. The number of carbonyl (C=O) groups excluding carboxylic acids is 1. The lowest BCUT2D eigenvalue weighted by Crippen LogP contribution is -2.49. The fourth-order valence-corrected chi connectivity index (χ4v) is 4.55. The number of carbonyl (C=O) groups is 1. The molecule has 0 unspecified atom stereocenters. The molecule has 1 amide bonds. The fraction of sp³-hybridized carbons (Fsp3) is 0.250. The van der Waals surface area contributed by atoms with Gasteiger partial charge >= 0.3 is 0 Å². The van der Waals surface area contributed by atoms with Crippen LogP contribution >= 0.6 is 0 Å². The standard InChI is InChI=1S/C32H32FN3O3/c1-3-10-25-19-24(21-30(38-4-2)31(25)39-23-26-11-8-9-14-29(26)33)20-27(22-34)32(37)36-17-15-35(16-18-36)28-12-6-5-7-13-28/h3,5-9,11-14,19-21H,1,4,10,15-18,23H2,2H3/b27-20-. The quantitative estimate of drug-likeness (QED) is 0.191. The van der Waals surface area contributed by atoms with E-state index in [2.05, 4.69) is 29.7 Å². The lowest BCUT2D eigenvalue weighted by molar-refractivity contribution is -0.126. The zero-order valence-corrected chi connectivity index (χ0v) is 22.1. The predicted molar refractivity (Wildman–Crippen MR) is 151 cm³/mol. The summed E-state index contributed by atoms with van der Waals surface area (Å²) in [6.07, 6.45) is 3.78. The van der Waals surface area contributed by atoms with E-state index in [-0.39, 0.29) is 23.9 Å². The lowest BCUT2D eigenvalue weighted by Gasteiger charge is -2.36. The summed E-state index contributed by atoms with van der Waals surface area (Å²) in [6, 6.07) is 22.2. The first kappa shape index (κ1) is 27.5. The van der Waals surface area contributed by atoms with Gasteiger partial charge in [0.15, 0.2) is 11.5 Å². The number of allylic oxidation sites excluding steroid dienone is 1. The van der Waals surface area contributed by atoms with Gasteiger partial charge in [0.1, 0.15) is 24.1 Å². The van der Waals surface area contributed by atoms with Crippen LogP contribution in [0.4, 0.5) is 10.1 Å². The SMILES string of the molecule is C=CCc1cc(/C=C(/C#N)C(=O)N2CCN(c3ccccc3)CC2)cc(OCC)c1OCc1ccccc1F. The molecule has 1 aliphatic rings. The molecule has 7 heteroatoms. The Bertz CT molecular complexity index is 1370. The molecule has 0 aliphatic carbocycles. The van der Waals surface area contributed by atoms with E-state index in [9.17, 15) is 14.4 Å². The van der Waals surface area contributed by atoms with Crippen molar-refractivity contribution in [2.45, 2.75) is 20.0 Å². The molecule has 3 aromatic carbocycles. The van der Waals surface area contributed by atoms with E-state index >= 15 is 0 Å². The Morgan fingerprint density at radius 2 is 1.74 bits per heavy atom. The largest absolute Gasteiger partial charge is 0.490 e. The van der Waals surface area contributed by atoms with Crippen molar-refractivity contribution in [1.82, 2.24) is 4.90 Å². The van der Waals surface area contributed by atoms with Gasteiger partial charge in [-0.2, -0.15) is 5.26 Å². The van der Waals surface area contributed by atoms with Gasteiger partial charge in [0.2, 0.25) is 0 Å². The number of nitriles is 1. The predicted octanol–water partition coefficient (Wildman–Crippen LogP) is 5.79. The first-order valence-corrected chi connectivity index (χ1v) is 13.0. The number of piperazine rings is 1. The number of hydrogen-bond acceptors (Lipinski definition) is 5. The molecule has 1 fully saturated rings. The van der Waals surface area contributed by atoms with Crippen LogP contribution in [0.5, 0.6) is 11.5 Å². The van der Waals surface area contributed by atoms with E-state index in [1.165, 1.54) is 6.07 Å². The van der Waals surface area contributed by atoms with Crippen LogP contribution in [0.25, 0.3) is 6.08 Å². The minimum absolute atomic E-state index is 0.0307. The number of halogens is 1. The number of benzene rings is 3. The number of amides is 1. The Morgan fingerprint density at radius 3 is 2.41 bits per heavy atom. The van der Waals surface area contributed by atoms with Gasteiger partial charge in [0.05, 0.1) is 6.61 Å². The van der Waals surface area contributed by atoms with Gasteiger partial charge in [-0.1, -0.05) is 42.5 Å². The summed E-state index contributed by atoms with van der Waals surface area (Å²) >= 11 is 0. The monoisotopic (exact) mass is 525 g/mol. The van der Waals surface area contributed by atoms with Gasteiger partial charge in [-0.05, 0) is 55.3 Å². The molecule has 1 heterocycles. The van der Waals surface area contributed by atoms with Crippen molar-refractivity contribution in [2.24, 2.45) is 0 Å². The maximum absolute atomic E-state index is 14.2. The smallest absolute Gasteiger partial charge is 0.264 e. The van der Waals surface area contributed by atoms with Crippen molar-refractivity contribution in [3.63, 3.8) is 0 Å². The fourth-order valence-electron chi connectivity index (χ4n) is 4.55. The third-order valence-electron chi connectivity index (χ3n) is 6.50. The summed E-state index contributed by atoms with van der Waals surface area (Å²) < 4.78 is 26.1. The van der Waals surface area contributed by atoms with E-state index in [4.69, 9.17) is 9.47 Å². The summed E-state index contributed by atoms with van der Waals surface area (Å²) in [5.74, 6) is 0.301. The first-order valence-electron chi connectivity index (χ1n) is 13.0. The molecular formula is C32H32FN3O3. The zero-order chi connectivity index (χ0) is 27.6. The molecule has 39 heavy (non-hydrogen) atoms. The first-order chi connectivity index (χ1) is 19.0. The van der Waals surface area contributed by atoms with Gasteiger partial charge in [0, 0.05) is 43.0 Å². The van der Waals surface area contributed by atoms with Gasteiger partial charge < -0.3 is 19.3 Å². The molecule has 0 N–H and O–H groups in total. The highest BCUT2D eigenvalue weighted by molar-refractivity contribution is 6.02. The van der Waals surface area contributed by atoms with Crippen molar-refractivity contribution in [3.8, 4) is 17.6 Å². The van der Waals surface area contributed by atoms with E-state index in [0.29, 0.717) is 61.8 Å². The Kier molecular flexibility index (Phi) is 9.36. The molecule has 0 radical (unpaired) electrons. The van der Waals surface area contributed by atoms with Gasteiger partial charge in [-0.25, -0.2) is 4.39 Å². The van der Waals surface area contributed by atoms with Gasteiger partial charge in [-0.15, -0.1) is 6.58 Å². The third-order valence-corrected chi connectivity index (χ3v) is 6.50. The molecule has 0 aromatic heterocycles. The second-order valence-corrected chi connectivity index (χ2v) is 9.10. The average Bonchev–Trinajstić information content (AvgIpc) is 2.97. The maximum Gasteiger partial charge on any atom is 0.264 e. The highest BCUT2D eigenvalue weighted by Gasteiger charge is 2.24. The molecule has 0 saturated carbocycles. The van der Waals surface area contributed by atoms with Crippen molar-refractivity contribution in [3.05, 3.63) is 107 Å². The Hall–Kier alpha value is -4.57. The number of rotatable bonds is 10. The molecule has 0 spiro atoms. The summed E-state index contributed by atoms with van der Waals surface area (Å²) in [7, 11) is 0. The summed E-state index contributed by atoms with van der Waals surface area (Å²) in [4.78, 5) is 17.2. The van der Waals surface area contributed by atoms with Crippen molar-refractivity contribution >= 4 is 17.7 Å². The van der Waals surface area contributed by atoms with Crippen LogP contribution in [0.1, 0.15) is 23.6 Å². The molecule has 0 bridgehead atoms. The van der Waals surface area contributed by atoms with Crippen LogP contribution in [-0.4, -0.2) is 43.6 Å². The molecule has 0 atom stereocenters. The van der Waals surface area contributed by atoms with Crippen molar-refractivity contribution in [2.75, 3.05) is 37.7 Å². The van der Waals surface area contributed by atoms with Crippen LogP contribution in [-0.2, 0) is 17.8 Å². The van der Waals surface area contributed by atoms with E-state index in [1.54, 1.807) is 41.3 Å². The van der Waals surface area contributed by atoms with Crippen molar-refractivity contribution < 1.29 is 18.7 Å². The van der Waals surface area contributed by atoms with Gasteiger partial charge in [0.25, 0.3) is 5.91 Å². The van der Waals surface area contributed by atoms with Crippen LogP contribution < -0.4 is 14.4 Å². The maximum atomic E-state index is 14.2. The number of ether oxygens (including phenoxy) is 2. The minimum Gasteiger partial charge on any atom is -0.490 e. The number of nitrogens with zero attached hydrogens (tertiary/aromatic N) is 3. The average molecular weight is 526 g/mol. The summed E-state index contributed by atoms with van der Waals surface area (Å²) in [5.41, 5.74) is 3.01. The molecule has 3 aromatic rings. The van der Waals surface area contributed by atoms with Crippen LogP contribution in [0.2, 0.25) is 0 Å². The minimum atomic E-state index is -0.345. The number of hydrogen-bond donors (Lipinski definition) is 0. The number of para-hydroxylation sites is 1. The molecular weight excluding hydrogens is 493 g/mol. The normalized spacial score (nSPS) is 13.5. The zero-order valence-electron chi connectivity index (χ0n) is 22.1. The van der Waals surface area contributed by atoms with E-state index in [0.717, 1.165) is 11.3 Å². The molecule has 6 nitrogen and oxygen atoms in total. The highest BCUT2D eigenvalue weighted by Crippen LogP contribution is 2.35. The van der Waals surface area contributed by atoms with Crippen LogP contribution in [0.15, 0.2) is 85.0 Å². The Morgan fingerprint density at radius 1 is 1.03 bits per heavy atom. The summed E-state index contributed by atoms with van der Waals surface area (Å²) in [5, 5.41) is 9.87. The van der Waals surface area contributed by atoms with Crippen LogP contribution in [0.3, 0.4) is 0 Å².